The van der Waals surface area contributed by atoms with Crippen molar-refractivity contribution >= 4 is 29.1 Å². The highest BCUT2D eigenvalue weighted by atomic mass is 32.1. The van der Waals surface area contributed by atoms with Crippen molar-refractivity contribution in [2.75, 3.05) is 39.3 Å². The van der Waals surface area contributed by atoms with E-state index < -0.39 is 17.7 Å². The maximum Gasteiger partial charge on any atom is 0.408 e. The lowest BCUT2D eigenvalue weighted by atomic mass is 9.90. The Labute approximate surface area is 229 Å². The predicted molar refractivity (Wildman–Crippen MR) is 156 cm³/mol. The molecule has 37 heavy (non-hydrogen) atoms. The third-order valence-corrected chi connectivity index (χ3v) is 6.74. The lowest BCUT2D eigenvalue weighted by molar-refractivity contribution is 0.0489. The number of nitrogens with zero attached hydrogens (tertiary/aromatic N) is 1. The first-order chi connectivity index (χ1) is 17.6. The normalized spacial score (nSPS) is 21.8. The standard InChI is InChI=1S/C28H49N5O3S/c1-7-9-24(35-26(37)25(20(2)3)33-27(34)36-28(4,5)6)21-10-8-14-29-16-17-31-19-23-12-11-22(32-23)18-30-15-13-21/h7,12,20-21,24-25,29-31H,1,8-11,13-19H2,2-6H3,(H,33,34). The van der Waals surface area contributed by atoms with Gasteiger partial charge in [-0.2, -0.15) is 0 Å². The zero-order chi connectivity index (χ0) is 27.3. The number of nitrogens with one attached hydrogen (secondary N) is 4. The van der Waals surface area contributed by atoms with Gasteiger partial charge in [0.2, 0.25) is 0 Å². The molecule has 2 heterocycles. The highest BCUT2D eigenvalue weighted by Crippen LogP contribution is 2.24. The lowest BCUT2D eigenvalue weighted by Crippen LogP contribution is -2.47. The van der Waals surface area contributed by atoms with Crippen molar-refractivity contribution in [1.29, 1.82) is 0 Å². The van der Waals surface area contributed by atoms with E-state index in [0.717, 1.165) is 70.6 Å². The molecule has 0 aromatic rings. The average Bonchev–Trinajstić information content (AvgIpc) is 3.25. The van der Waals surface area contributed by atoms with Crippen LogP contribution in [0.3, 0.4) is 0 Å². The Kier molecular flexibility index (Phi) is 13.8. The fourth-order valence-corrected chi connectivity index (χ4v) is 4.91. The Morgan fingerprint density at radius 3 is 2.62 bits per heavy atom. The van der Waals surface area contributed by atoms with Crippen LogP contribution in [-0.2, 0) is 9.47 Å². The Morgan fingerprint density at radius 1 is 1.19 bits per heavy atom. The van der Waals surface area contributed by atoms with Gasteiger partial charge >= 0.3 is 6.09 Å². The molecule has 0 aromatic heterocycles. The maximum atomic E-state index is 12.5. The summed E-state index contributed by atoms with van der Waals surface area (Å²) in [4.78, 5) is 17.2. The molecular formula is C28H49N5O3S. The van der Waals surface area contributed by atoms with E-state index in [4.69, 9.17) is 26.7 Å². The van der Waals surface area contributed by atoms with Gasteiger partial charge in [-0.05, 0) is 77.2 Å². The fourth-order valence-electron chi connectivity index (χ4n) is 4.45. The van der Waals surface area contributed by atoms with E-state index in [1.165, 1.54) is 5.71 Å². The van der Waals surface area contributed by atoms with E-state index in [1.807, 2.05) is 40.7 Å². The predicted octanol–water partition coefficient (Wildman–Crippen LogP) is 4.12. The number of carbonyl (C=O) groups is 1. The van der Waals surface area contributed by atoms with E-state index >= 15 is 0 Å². The van der Waals surface area contributed by atoms with Gasteiger partial charge in [-0.1, -0.05) is 26.0 Å². The monoisotopic (exact) mass is 535 g/mol. The number of carbonyl (C=O) groups excluding carboxylic acids is 1. The van der Waals surface area contributed by atoms with Gasteiger partial charge in [0.1, 0.15) is 17.7 Å². The molecule has 2 aliphatic rings. The van der Waals surface area contributed by atoms with Crippen LogP contribution >= 0.6 is 12.2 Å². The Bertz CT molecular complexity index is 806. The minimum atomic E-state index is -0.581. The second kappa shape index (κ2) is 16.2. The van der Waals surface area contributed by atoms with Crippen LogP contribution in [0.15, 0.2) is 29.4 Å². The summed E-state index contributed by atoms with van der Waals surface area (Å²) in [7, 11) is 0. The van der Waals surface area contributed by atoms with Crippen LogP contribution in [0.4, 0.5) is 4.79 Å². The minimum absolute atomic E-state index is 0.0616. The molecule has 0 spiro atoms. The summed E-state index contributed by atoms with van der Waals surface area (Å²) in [6.07, 6.45) is 8.16. The summed E-state index contributed by atoms with van der Waals surface area (Å²) in [6.45, 7) is 18.8. The number of rotatable bonds is 7. The molecule has 210 valence electrons. The van der Waals surface area contributed by atoms with Crippen LogP contribution in [0.2, 0.25) is 0 Å². The first-order valence-corrected chi connectivity index (χ1v) is 14.2. The highest BCUT2D eigenvalue weighted by Gasteiger charge is 2.29. The van der Waals surface area contributed by atoms with Crippen molar-refractivity contribution in [3.63, 3.8) is 0 Å². The number of amides is 1. The van der Waals surface area contributed by atoms with Crippen LogP contribution in [0.1, 0.15) is 66.7 Å². The van der Waals surface area contributed by atoms with E-state index in [9.17, 15) is 4.79 Å². The number of hydrogen-bond donors (Lipinski definition) is 4. The van der Waals surface area contributed by atoms with E-state index in [1.54, 1.807) is 0 Å². The van der Waals surface area contributed by atoms with Crippen LogP contribution < -0.4 is 21.3 Å². The van der Waals surface area contributed by atoms with Gasteiger partial charge in [0, 0.05) is 44.7 Å². The lowest BCUT2D eigenvalue weighted by Gasteiger charge is -2.32. The molecule has 2 bridgehead atoms. The molecule has 2 rings (SSSR count). The quantitative estimate of drug-likeness (QED) is 0.288. The van der Waals surface area contributed by atoms with Crippen LogP contribution in [0.25, 0.3) is 0 Å². The summed E-state index contributed by atoms with van der Waals surface area (Å²) >= 11 is 5.73. The number of thiocarbonyl (C=S) groups is 1. The van der Waals surface area contributed by atoms with Gasteiger partial charge in [-0.25, -0.2) is 4.79 Å². The number of ether oxygens (including phenoxy) is 2. The molecule has 0 saturated heterocycles. The topological polar surface area (TPSA) is 96.0 Å². The zero-order valence-corrected chi connectivity index (χ0v) is 24.3. The molecule has 8 nitrogen and oxygen atoms in total. The first kappa shape index (κ1) is 31.4. The van der Waals surface area contributed by atoms with E-state index in [0.29, 0.717) is 17.4 Å². The molecule has 9 heteroatoms. The zero-order valence-electron chi connectivity index (χ0n) is 23.5. The van der Waals surface area contributed by atoms with E-state index in [2.05, 4.69) is 33.9 Å². The average molecular weight is 536 g/mol. The third-order valence-electron chi connectivity index (χ3n) is 6.39. The molecule has 0 saturated carbocycles. The SMILES string of the molecule is C=CCC(OC(=S)C(NC(=O)OC(C)(C)C)C(C)C)C1CCCNCCNCC2=CCC(=N2)CNCC1. The molecule has 2 aliphatic heterocycles. The van der Waals surface area contributed by atoms with Crippen molar-refractivity contribution in [3.8, 4) is 0 Å². The molecule has 0 aliphatic carbocycles. The van der Waals surface area contributed by atoms with Gasteiger partial charge in [-0.15, -0.1) is 6.58 Å². The molecule has 0 radical (unpaired) electrons. The second-order valence-corrected chi connectivity index (χ2v) is 11.6. The number of allylic oxidation sites excluding steroid dienone is 1. The van der Waals surface area contributed by atoms with Crippen molar-refractivity contribution in [1.82, 2.24) is 21.3 Å². The van der Waals surface area contributed by atoms with E-state index in [-0.39, 0.29) is 12.0 Å². The van der Waals surface area contributed by atoms with Crippen LogP contribution in [-0.4, -0.2) is 73.9 Å². The van der Waals surface area contributed by atoms with Gasteiger partial charge in [0.15, 0.2) is 5.05 Å². The number of hydrogen-bond acceptors (Lipinski definition) is 8. The fraction of sp³-hybridized carbons (Fsp3) is 0.750. The summed E-state index contributed by atoms with van der Waals surface area (Å²) in [5.41, 5.74) is 1.74. The van der Waals surface area contributed by atoms with Crippen LogP contribution in [0.5, 0.6) is 0 Å². The van der Waals surface area contributed by atoms with Gasteiger partial charge < -0.3 is 30.7 Å². The number of aliphatic imine (C=N–C) groups is 1. The number of alkyl carbamates (subject to hydrolysis) is 1. The molecule has 4 N–H and O–H groups in total. The molecule has 0 aromatic carbocycles. The Balaban J connectivity index is 2.04. The Morgan fingerprint density at radius 2 is 1.92 bits per heavy atom. The van der Waals surface area contributed by atoms with Crippen LogP contribution in [0, 0.1) is 11.8 Å². The maximum absolute atomic E-state index is 12.5. The molecule has 3 unspecified atom stereocenters. The molecule has 1 amide bonds. The van der Waals surface area contributed by atoms with Crippen molar-refractivity contribution in [2.45, 2.75) is 84.5 Å². The first-order valence-electron chi connectivity index (χ1n) is 13.8. The molecule has 3 atom stereocenters. The largest absolute Gasteiger partial charge is 0.481 e. The highest BCUT2D eigenvalue weighted by molar-refractivity contribution is 7.80. The van der Waals surface area contributed by atoms with Gasteiger partial charge in [0.25, 0.3) is 0 Å². The Hall–Kier alpha value is -1.81. The second-order valence-electron chi connectivity index (χ2n) is 11.2. The van der Waals surface area contributed by atoms with Crippen molar-refractivity contribution in [3.05, 3.63) is 24.4 Å². The summed E-state index contributed by atoms with van der Waals surface area (Å²) in [5, 5.41) is 13.9. The minimum Gasteiger partial charge on any atom is -0.481 e. The van der Waals surface area contributed by atoms with Crippen molar-refractivity contribution < 1.29 is 14.3 Å². The smallest absolute Gasteiger partial charge is 0.408 e. The number of fused-ring (bicyclic) bond motifs is 1. The van der Waals surface area contributed by atoms with Gasteiger partial charge in [-0.3, -0.25) is 4.99 Å². The molecular weight excluding hydrogens is 486 g/mol. The molecule has 0 fully saturated rings. The van der Waals surface area contributed by atoms with Crippen molar-refractivity contribution in [2.24, 2.45) is 16.8 Å². The van der Waals surface area contributed by atoms with Gasteiger partial charge in [0.05, 0.1) is 5.70 Å². The summed E-state index contributed by atoms with van der Waals surface area (Å²) in [6, 6.07) is -0.419. The third kappa shape index (κ3) is 12.5. The summed E-state index contributed by atoms with van der Waals surface area (Å²) < 4.78 is 11.9. The summed E-state index contributed by atoms with van der Waals surface area (Å²) in [5.74, 6) is 0.358.